The molecular formula is C15H29N3O3. The summed E-state index contributed by atoms with van der Waals surface area (Å²) < 4.78 is 0. The number of carbonyl (C=O) groups excluding carboxylic acids is 1. The van der Waals surface area contributed by atoms with Gasteiger partial charge in [-0.15, -0.1) is 0 Å². The van der Waals surface area contributed by atoms with Crippen LogP contribution in [0.5, 0.6) is 0 Å². The molecule has 0 bridgehead atoms. The number of rotatable bonds is 6. The fourth-order valence-corrected chi connectivity index (χ4v) is 2.71. The Morgan fingerprint density at radius 2 is 2.05 bits per heavy atom. The number of carboxylic acid groups (broad SMARTS) is 1. The highest BCUT2D eigenvalue weighted by Gasteiger charge is 2.29. The standard InChI is InChI=1S/C15H29N3O3/c1-5-18-8-6-7-11(18)10-16-14(21)17-12(9-13(19)20)15(2,3)4/h11-12H,5-10H2,1-4H3,(H,19,20)(H2,16,17,21). The van der Waals surface area contributed by atoms with Crippen LogP contribution in [0, 0.1) is 5.41 Å². The number of aliphatic carboxylic acids is 1. The van der Waals surface area contributed by atoms with Gasteiger partial charge in [-0.05, 0) is 31.3 Å². The Balaban J connectivity index is 2.45. The van der Waals surface area contributed by atoms with E-state index in [0.717, 1.165) is 19.5 Å². The van der Waals surface area contributed by atoms with Crippen LogP contribution >= 0.6 is 0 Å². The van der Waals surface area contributed by atoms with Crippen molar-refractivity contribution in [2.24, 2.45) is 5.41 Å². The van der Waals surface area contributed by atoms with Crippen molar-refractivity contribution in [3.63, 3.8) is 0 Å². The Kier molecular flexibility index (Phi) is 6.45. The van der Waals surface area contributed by atoms with Gasteiger partial charge in [0.15, 0.2) is 0 Å². The number of likely N-dealkylation sites (tertiary alicyclic amines) is 1. The van der Waals surface area contributed by atoms with Crippen molar-refractivity contribution in [2.75, 3.05) is 19.6 Å². The molecule has 6 heteroatoms. The highest BCUT2D eigenvalue weighted by molar-refractivity contribution is 5.75. The molecule has 0 spiro atoms. The minimum absolute atomic E-state index is 0.0680. The minimum Gasteiger partial charge on any atom is -0.481 e. The van der Waals surface area contributed by atoms with Gasteiger partial charge in [-0.3, -0.25) is 9.69 Å². The summed E-state index contributed by atoms with van der Waals surface area (Å²) in [6.45, 7) is 10.6. The van der Waals surface area contributed by atoms with Gasteiger partial charge < -0.3 is 15.7 Å². The summed E-state index contributed by atoms with van der Waals surface area (Å²) >= 11 is 0. The zero-order valence-corrected chi connectivity index (χ0v) is 13.6. The average Bonchev–Trinajstić information content (AvgIpc) is 2.81. The number of carboxylic acids is 1. The fraction of sp³-hybridized carbons (Fsp3) is 0.867. The van der Waals surface area contributed by atoms with Gasteiger partial charge in [0.2, 0.25) is 0 Å². The van der Waals surface area contributed by atoms with E-state index >= 15 is 0 Å². The Hall–Kier alpha value is -1.30. The summed E-state index contributed by atoms with van der Waals surface area (Å²) in [6, 6.07) is -0.270. The van der Waals surface area contributed by atoms with Crippen molar-refractivity contribution in [3.8, 4) is 0 Å². The van der Waals surface area contributed by atoms with Gasteiger partial charge in [-0.25, -0.2) is 4.79 Å². The Labute approximate surface area is 127 Å². The molecule has 1 heterocycles. The lowest BCUT2D eigenvalue weighted by Gasteiger charge is -2.31. The van der Waals surface area contributed by atoms with E-state index in [4.69, 9.17) is 5.11 Å². The van der Waals surface area contributed by atoms with E-state index in [9.17, 15) is 9.59 Å². The van der Waals surface area contributed by atoms with E-state index in [1.165, 1.54) is 6.42 Å². The molecule has 1 fully saturated rings. The highest BCUT2D eigenvalue weighted by atomic mass is 16.4. The lowest BCUT2D eigenvalue weighted by molar-refractivity contribution is -0.138. The van der Waals surface area contributed by atoms with Gasteiger partial charge in [0, 0.05) is 18.6 Å². The number of nitrogens with one attached hydrogen (secondary N) is 2. The summed E-state index contributed by atoms with van der Waals surface area (Å²) in [5, 5.41) is 14.6. The van der Waals surface area contributed by atoms with Gasteiger partial charge in [-0.2, -0.15) is 0 Å². The number of hydrogen-bond donors (Lipinski definition) is 3. The predicted octanol–water partition coefficient (Wildman–Crippen LogP) is 1.66. The van der Waals surface area contributed by atoms with Crippen molar-refractivity contribution in [1.82, 2.24) is 15.5 Å². The molecular weight excluding hydrogens is 270 g/mol. The van der Waals surface area contributed by atoms with E-state index in [2.05, 4.69) is 22.5 Å². The van der Waals surface area contributed by atoms with Crippen LogP contribution < -0.4 is 10.6 Å². The van der Waals surface area contributed by atoms with Crippen molar-refractivity contribution in [2.45, 2.75) is 59.0 Å². The maximum atomic E-state index is 12.0. The van der Waals surface area contributed by atoms with Crippen LogP contribution in [0.3, 0.4) is 0 Å². The normalized spacial score (nSPS) is 21.0. The summed E-state index contributed by atoms with van der Waals surface area (Å²) in [7, 11) is 0. The number of likely N-dealkylation sites (N-methyl/N-ethyl adjacent to an activating group) is 1. The fourth-order valence-electron chi connectivity index (χ4n) is 2.71. The van der Waals surface area contributed by atoms with Crippen LogP contribution in [0.15, 0.2) is 0 Å². The second-order valence-electron chi connectivity index (χ2n) is 6.80. The maximum absolute atomic E-state index is 12.0. The predicted molar refractivity (Wildman–Crippen MR) is 82.3 cm³/mol. The third-order valence-corrected chi connectivity index (χ3v) is 4.13. The molecule has 6 nitrogen and oxygen atoms in total. The largest absolute Gasteiger partial charge is 0.481 e. The zero-order chi connectivity index (χ0) is 16.0. The van der Waals surface area contributed by atoms with E-state index in [0.29, 0.717) is 12.6 Å². The van der Waals surface area contributed by atoms with Crippen LogP contribution in [-0.2, 0) is 4.79 Å². The number of nitrogens with zero attached hydrogens (tertiary/aromatic N) is 1. The summed E-state index contributed by atoms with van der Waals surface area (Å²) in [5.41, 5.74) is -0.293. The van der Waals surface area contributed by atoms with Crippen molar-refractivity contribution in [1.29, 1.82) is 0 Å². The molecule has 1 saturated heterocycles. The van der Waals surface area contributed by atoms with Crippen LogP contribution in [0.1, 0.15) is 47.0 Å². The Morgan fingerprint density at radius 3 is 2.57 bits per heavy atom. The van der Waals surface area contributed by atoms with Crippen molar-refractivity contribution in [3.05, 3.63) is 0 Å². The lowest BCUT2D eigenvalue weighted by atomic mass is 9.85. The molecule has 2 amide bonds. The Morgan fingerprint density at radius 1 is 1.38 bits per heavy atom. The summed E-state index contributed by atoms with van der Waals surface area (Å²) in [6.07, 6.45) is 2.21. The third-order valence-electron chi connectivity index (χ3n) is 4.13. The number of urea groups is 1. The number of hydrogen-bond acceptors (Lipinski definition) is 3. The van der Waals surface area contributed by atoms with E-state index in [1.807, 2.05) is 20.8 Å². The van der Waals surface area contributed by atoms with Crippen LogP contribution in [0.4, 0.5) is 4.79 Å². The molecule has 122 valence electrons. The molecule has 1 rings (SSSR count). The van der Waals surface area contributed by atoms with Gasteiger partial charge in [0.05, 0.1) is 6.42 Å². The minimum atomic E-state index is -0.900. The van der Waals surface area contributed by atoms with Crippen molar-refractivity contribution < 1.29 is 14.7 Å². The first-order chi connectivity index (χ1) is 9.74. The van der Waals surface area contributed by atoms with E-state index in [1.54, 1.807) is 0 Å². The molecule has 0 radical (unpaired) electrons. The molecule has 0 aromatic rings. The van der Waals surface area contributed by atoms with Crippen LogP contribution in [0.25, 0.3) is 0 Å². The molecule has 3 N–H and O–H groups in total. The molecule has 0 saturated carbocycles. The van der Waals surface area contributed by atoms with Crippen LogP contribution in [0.2, 0.25) is 0 Å². The third kappa shape index (κ3) is 5.91. The molecule has 2 atom stereocenters. The SMILES string of the molecule is CCN1CCCC1CNC(=O)NC(CC(=O)O)C(C)(C)C. The highest BCUT2D eigenvalue weighted by Crippen LogP contribution is 2.22. The van der Waals surface area contributed by atoms with Gasteiger partial charge >= 0.3 is 12.0 Å². The number of carbonyl (C=O) groups is 2. The first-order valence-corrected chi connectivity index (χ1v) is 7.74. The smallest absolute Gasteiger partial charge is 0.315 e. The number of amides is 2. The second kappa shape index (κ2) is 7.64. The molecule has 21 heavy (non-hydrogen) atoms. The first kappa shape index (κ1) is 17.8. The molecule has 0 aliphatic carbocycles. The van der Waals surface area contributed by atoms with Gasteiger partial charge in [-0.1, -0.05) is 27.7 Å². The Bertz CT molecular complexity index is 366. The van der Waals surface area contributed by atoms with Crippen LogP contribution in [-0.4, -0.2) is 53.7 Å². The quantitative estimate of drug-likeness (QED) is 0.696. The van der Waals surface area contributed by atoms with Crippen molar-refractivity contribution >= 4 is 12.0 Å². The van der Waals surface area contributed by atoms with E-state index < -0.39 is 5.97 Å². The molecule has 1 aliphatic heterocycles. The average molecular weight is 299 g/mol. The molecule has 0 aromatic heterocycles. The summed E-state index contributed by atoms with van der Waals surface area (Å²) in [5.74, 6) is -0.900. The second-order valence-corrected chi connectivity index (χ2v) is 6.80. The molecule has 1 aliphatic rings. The molecule has 0 aromatic carbocycles. The zero-order valence-electron chi connectivity index (χ0n) is 13.6. The maximum Gasteiger partial charge on any atom is 0.315 e. The van der Waals surface area contributed by atoms with E-state index in [-0.39, 0.29) is 23.9 Å². The van der Waals surface area contributed by atoms with Gasteiger partial charge in [0.1, 0.15) is 0 Å². The topological polar surface area (TPSA) is 81.7 Å². The lowest BCUT2D eigenvalue weighted by Crippen LogP contribution is -2.51. The first-order valence-electron chi connectivity index (χ1n) is 7.74. The molecule has 2 unspecified atom stereocenters. The summed E-state index contributed by atoms with van der Waals surface area (Å²) in [4.78, 5) is 25.3. The monoisotopic (exact) mass is 299 g/mol. The van der Waals surface area contributed by atoms with Gasteiger partial charge in [0.25, 0.3) is 0 Å².